The number of likely N-dealkylation sites (N-methyl/N-ethyl adjacent to an activating group) is 1. The molecule has 3 nitrogen and oxygen atoms in total. The number of hydrogen-bond donors (Lipinski definition) is 0. The van der Waals surface area contributed by atoms with Gasteiger partial charge < -0.3 is 9.38 Å². The molecule has 0 aromatic rings. The van der Waals surface area contributed by atoms with E-state index >= 15 is 0 Å². The van der Waals surface area contributed by atoms with Crippen molar-refractivity contribution in [1.29, 1.82) is 0 Å². The maximum absolute atomic E-state index is 12.1. The van der Waals surface area contributed by atoms with Gasteiger partial charge in [-0.3, -0.25) is 4.79 Å². The zero-order valence-electron chi connectivity index (χ0n) is 13.3. The number of carbonyl (C=O) groups is 1. The van der Waals surface area contributed by atoms with E-state index in [0.29, 0.717) is 5.91 Å². The highest BCUT2D eigenvalue weighted by Crippen LogP contribution is 2.12. The largest absolute Gasteiger partial charge is 0.331 e. The molecule has 0 aromatic carbocycles. The molecule has 1 amide bonds. The van der Waals surface area contributed by atoms with Crippen LogP contribution < -0.4 is 0 Å². The SMILES string of the molecule is CCCCCCCCCC(=O)N1CC[N+](C)(C)CC1. The van der Waals surface area contributed by atoms with Gasteiger partial charge in [-0.1, -0.05) is 45.4 Å². The third-order valence-electron chi connectivity index (χ3n) is 4.30. The predicted octanol–water partition coefficient (Wildman–Crippen LogP) is 3.05. The highest BCUT2D eigenvalue weighted by molar-refractivity contribution is 5.76. The molecule has 3 heteroatoms. The van der Waals surface area contributed by atoms with Gasteiger partial charge in [0.2, 0.25) is 5.91 Å². The predicted molar refractivity (Wildman–Crippen MR) is 81.0 cm³/mol. The lowest BCUT2D eigenvalue weighted by molar-refractivity contribution is -0.894. The summed E-state index contributed by atoms with van der Waals surface area (Å²) in [6.07, 6.45) is 9.76. The van der Waals surface area contributed by atoms with Crippen LogP contribution in [0.4, 0.5) is 0 Å². The van der Waals surface area contributed by atoms with Gasteiger partial charge in [-0.25, -0.2) is 0 Å². The van der Waals surface area contributed by atoms with Crippen LogP contribution in [0.5, 0.6) is 0 Å². The van der Waals surface area contributed by atoms with E-state index in [-0.39, 0.29) is 0 Å². The van der Waals surface area contributed by atoms with E-state index < -0.39 is 0 Å². The molecule has 1 rings (SSSR count). The fraction of sp³-hybridized carbons (Fsp3) is 0.938. The van der Waals surface area contributed by atoms with E-state index in [1.165, 1.54) is 38.5 Å². The van der Waals surface area contributed by atoms with Crippen molar-refractivity contribution in [3.05, 3.63) is 0 Å². The van der Waals surface area contributed by atoms with Crippen molar-refractivity contribution in [3.8, 4) is 0 Å². The molecule has 112 valence electrons. The average molecular weight is 269 g/mol. The van der Waals surface area contributed by atoms with Gasteiger partial charge in [0.1, 0.15) is 0 Å². The van der Waals surface area contributed by atoms with Gasteiger partial charge in [-0.2, -0.15) is 0 Å². The van der Waals surface area contributed by atoms with Gasteiger partial charge in [0.25, 0.3) is 0 Å². The Balaban J connectivity index is 2.02. The standard InChI is InChI=1S/C16H33N2O/c1-4-5-6-7-8-9-10-11-16(19)17-12-14-18(2,3)15-13-17/h4-15H2,1-3H3/q+1. The third-order valence-corrected chi connectivity index (χ3v) is 4.30. The molecule has 1 saturated heterocycles. The molecule has 0 aliphatic carbocycles. The van der Waals surface area contributed by atoms with Gasteiger partial charge >= 0.3 is 0 Å². The summed E-state index contributed by atoms with van der Waals surface area (Å²) in [7, 11) is 4.50. The molecule has 0 saturated carbocycles. The van der Waals surface area contributed by atoms with Gasteiger partial charge in [0.05, 0.1) is 40.3 Å². The Labute approximate surface area is 119 Å². The number of nitrogens with zero attached hydrogens (tertiary/aromatic N) is 2. The average Bonchev–Trinajstić information content (AvgIpc) is 2.37. The number of hydrogen-bond acceptors (Lipinski definition) is 1. The molecule has 1 heterocycles. The Morgan fingerprint density at radius 3 is 2.05 bits per heavy atom. The molecule has 1 aliphatic heterocycles. The molecule has 0 spiro atoms. The highest BCUT2D eigenvalue weighted by atomic mass is 16.2. The van der Waals surface area contributed by atoms with Gasteiger partial charge in [0, 0.05) is 6.42 Å². The van der Waals surface area contributed by atoms with Crippen LogP contribution in [0.3, 0.4) is 0 Å². The maximum Gasteiger partial charge on any atom is 0.222 e. The molecular formula is C16H33N2O+. The molecule has 0 unspecified atom stereocenters. The third kappa shape index (κ3) is 6.95. The fourth-order valence-electron chi connectivity index (χ4n) is 2.65. The van der Waals surface area contributed by atoms with Gasteiger partial charge in [0.15, 0.2) is 0 Å². The second-order valence-electron chi connectivity index (χ2n) is 6.64. The van der Waals surface area contributed by atoms with E-state index in [9.17, 15) is 4.79 Å². The minimum absolute atomic E-state index is 0.383. The van der Waals surface area contributed by atoms with Crippen LogP contribution in [0.15, 0.2) is 0 Å². The molecule has 0 atom stereocenters. The first kappa shape index (κ1) is 16.5. The lowest BCUT2D eigenvalue weighted by Crippen LogP contribution is -2.56. The van der Waals surface area contributed by atoms with Gasteiger partial charge in [-0.05, 0) is 6.42 Å². The van der Waals surface area contributed by atoms with E-state index in [4.69, 9.17) is 0 Å². The number of quaternary nitrogens is 1. The van der Waals surface area contributed by atoms with Crippen molar-refractivity contribution >= 4 is 5.91 Å². The van der Waals surface area contributed by atoms with Crippen LogP contribution in [0.1, 0.15) is 58.3 Å². The first-order valence-electron chi connectivity index (χ1n) is 8.15. The van der Waals surface area contributed by atoms with Crippen LogP contribution in [-0.2, 0) is 4.79 Å². The molecule has 1 aliphatic rings. The van der Waals surface area contributed by atoms with Crippen molar-refractivity contribution in [2.45, 2.75) is 58.3 Å². The second-order valence-corrected chi connectivity index (χ2v) is 6.64. The summed E-state index contributed by atoms with van der Waals surface area (Å²) in [5.41, 5.74) is 0. The summed E-state index contributed by atoms with van der Waals surface area (Å²) in [5, 5.41) is 0. The van der Waals surface area contributed by atoms with Crippen molar-refractivity contribution in [3.63, 3.8) is 0 Å². The lowest BCUT2D eigenvalue weighted by atomic mass is 10.1. The Kier molecular flexibility index (Phi) is 7.44. The number of piperazine rings is 1. The van der Waals surface area contributed by atoms with Crippen LogP contribution in [0.25, 0.3) is 0 Å². The summed E-state index contributed by atoms with van der Waals surface area (Å²) < 4.78 is 1.06. The van der Waals surface area contributed by atoms with E-state index in [2.05, 4.69) is 25.9 Å². The monoisotopic (exact) mass is 269 g/mol. The highest BCUT2D eigenvalue weighted by Gasteiger charge is 2.26. The van der Waals surface area contributed by atoms with E-state index in [0.717, 1.165) is 43.5 Å². The topological polar surface area (TPSA) is 20.3 Å². The second kappa shape index (κ2) is 8.57. The van der Waals surface area contributed by atoms with Crippen LogP contribution in [0.2, 0.25) is 0 Å². The summed E-state index contributed by atoms with van der Waals surface area (Å²) in [6, 6.07) is 0. The molecular weight excluding hydrogens is 236 g/mol. The molecule has 19 heavy (non-hydrogen) atoms. The van der Waals surface area contributed by atoms with Crippen LogP contribution in [0, 0.1) is 0 Å². The van der Waals surface area contributed by atoms with Gasteiger partial charge in [-0.15, -0.1) is 0 Å². The Hall–Kier alpha value is -0.570. The lowest BCUT2D eigenvalue weighted by Gasteiger charge is -2.39. The summed E-state index contributed by atoms with van der Waals surface area (Å²) in [4.78, 5) is 14.1. The zero-order valence-corrected chi connectivity index (χ0v) is 13.3. The summed E-state index contributed by atoms with van der Waals surface area (Å²) in [5.74, 6) is 0.383. The first-order chi connectivity index (χ1) is 9.05. The first-order valence-corrected chi connectivity index (χ1v) is 8.15. The summed E-state index contributed by atoms with van der Waals surface area (Å²) in [6.45, 7) is 6.34. The molecule has 0 radical (unpaired) electrons. The van der Waals surface area contributed by atoms with Crippen molar-refractivity contribution in [2.24, 2.45) is 0 Å². The fourth-order valence-corrected chi connectivity index (χ4v) is 2.65. The van der Waals surface area contributed by atoms with Crippen LogP contribution in [-0.4, -0.2) is 55.6 Å². The number of rotatable bonds is 8. The normalized spacial score (nSPS) is 18.6. The summed E-state index contributed by atoms with van der Waals surface area (Å²) >= 11 is 0. The molecule has 1 fully saturated rings. The smallest absolute Gasteiger partial charge is 0.222 e. The molecule has 0 N–H and O–H groups in total. The minimum atomic E-state index is 0.383. The zero-order chi connectivity index (χ0) is 14.1. The minimum Gasteiger partial charge on any atom is -0.331 e. The van der Waals surface area contributed by atoms with Crippen LogP contribution >= 0.6 is 0 Å². The Bertz CT molecular complexity index is 253. The Morgan fingerprint density at radius 1 is 0.947 bits per heavy atom. The molecule has 0 bridgehead atoms. The number of amides is 1. The van der Waals surface area contributed by atoms with E-state index in [1.54, 1.807) is 0 Å². The van der Waals surface area contributed by atoms with Crippen molar-refractivity contribution in [2.75, 3.05) is 40.3 Å². The molecule has 0 aromatic heterocycles. The Morgan fingerprint density at radius 2 is 1.47 bits per heavy atom. The van der Waals surface area contributed by atoms with E-state index in [1.807, 2.05) is 0 Å². The quantitative estimate of drug-likeness (QED) is 0.490. The van der Waals surface area contributed by atoms with Crippen molar-refractivity contribution in [1.82, 2.24) is 4.90 Å². The number of unbranched alkanes of at least 4 members (excludes halogenated alkanes) is 6. The maximum atomic E-state index is 12.1. The number of carbonyl (C=O) groups excluding carboxylic acids is 1. The van der Waals surface area contributed by atoms with Crippen molar-refractivity contribution < 1.29 is 9.28 Å².